The Balaban J connectivity index is 1.42. The zero-order chi connectivity index (χ0) is 19.5. The summed E-state index contributed by atoms with van der Waals surface area (Å²) >= 11 is 5.95. The Hall–Kier alpha value is -2.57. The lowest BCUT2D eigenvalue weighted by Gasteiger charge is -2.33. The lowest BCUT2D eigenvalue weighted by molar-refractivity contribution is -0.117. The average molecular weight is 400 g/mol. The lowest BCUT2D eigenvalue weighted by Crippen LogP contribution is -2.44. The number of anilines is 2. The molecule has 28 heavy (non-hydrogen) atoms. The lowest BCUT2D eigenvalue weighted by atomic mass is 10.1. The van der Waals surface area contributed by atoms with Crippen molar-refractivity contribution in [2.45, 2.75) is 18.9 Å². The number of hydrogen-bond acceptors (Lipinski definition) is 3. The number of carbonyl (C=O) groups excluding carboxylic acids is 2. The van der Waals surface area contributed by atoms with Crippen LogP contribution in [0.1, 0.15) is 24.5 Å². The minimum atomic E-state index is -0.176. The molecule has 2 saturated heterocycles. The van der Waals surface area contributed by atoms with Gasteiger partial charge in [-0.05, 0) is 42.3 Å². The van der Waals surface area contributed by atoms with Crippen LogP contribution in [0.5, 0.6) is 0 Å². The van der Waals surface area contributed by atoms with E-state index in [0.29, 0.717) is 36.8 Å². The van der Waals surface area contributed by atoms with Crippen LogP contribution in [0.2, 0.25) is 5.02 Å². The summed E-state index contributed by atoms with van der Waals surface area (Å²) in [7, 11) is 0. The van der Waals surface area contributed by atoms with E-state index in [1.165, 1.54) is 0 Å². The first kappa shape index (κ1) is 18.8. The van der Waals surface area contributed by atoms with Gasteiger partial charge in [-0.25, -0.2) is 4.79 Å². The van der Waals surface area contributed by atoms with Crippen molar-refractivity contribution < 1.29 is 14.3 Å². The van der Waals surface area contributed by atoms with E-state index in [0.717, 1.165) is 24.2 Å². The first-order valence-corrected chi connectivity index (χ1v) is 9.81. The van der Waals surface area contributed by atoms with Crippen molar-refractivity contribution in [1.82, 2.24) is 4.90 Å². The summed E-state index contributed by atoms with van der Waals surface area (Å²) in [6.45, 7) is 2.20. The SMILES string of the molecule is O=C(Nc1cccc(N2CCCC2=O)c1)N1CCOC(c2ccc(Cl)cc2)C1. The molecule has 1 unspecified atom stereocenters. The molecular formula is C21H22ClN3O3. The highest BCUT2D eigenvalue weighted by Crippen LogP contribution is 2.26. The Kier molecular flexibility index (Phi) is 5.50. The highest BCUT2D eigenvalue weighted by molar-refractivity contribution is 6.30. The molecule has 2 aliphatic heterocycles. The summed E-state index contributed by atoms with van der Waals surface area (Å²) < 4.78 is 5.82. The molecule has 0 saturated carbocycles. The van der Waals surface area contributed by atoms with Crippen LogP contribution in [0.3, 0.4) is 0 Å². The number of hydrogen-bond donors (Lipinski definition) is 1. The molecule has 4 rings (SSSR count). The predicted octanol–water partition coefficient (Wildman–Crippen LogP) is 4.07. The third kappa shape index (κ3) is 4.13. The molecule has 1 atom stereocenters. The molecule has 0 radical (unpaired) electrons. The Bertz CT molecular complexity index is 871. The number of nitrogens with zero attached hydrogens (tertiary/aromatic N) is 2. The average Bonchev–Trinajstić information content (AvgIpc) is 3.15. The van der Waals surface area contributed by atoms with Crippen LogP contribution in [0.25, 0.3) is 0 Å². The predicted molar refractivity (Wildman–Crippen MR) is 109 cm³/mol. The highest BCUT2D eigenvalue weighted by Gasteiger charge is 2.26. The van der Waals surface area contributed by atoms with E-state index in [4.69, 9.17) is 16.3 Å². The van der Waals surface area contributed by atoms with Crippen LogP contribution in [0.15, 0.2) is 48.5 Å². The van der Waals surface area contributed by atoms with Gasteiger partial charge in [0.1, 0.15) is 6.10 Å². The highest BCUT2D eigenvalue weighted by atomic mass is 35.5. The van der Waals surface area contributed by atoms with Gasteiger partial charge in [0.15, 0.2) is 0 Å². The number of amides is 3. The number of halogens is 1. The molecule has 6 nitrogen and oxygen atoms in total. The second kappa shape index (κ2) is 8.20. The van der Waals surface area contributed by atoms with Crippen LogP contribution in [0.4, 0.5) is 16.2 Å². The van der Waals surface area contributed by atoms with Crippen LogP contribution in [-0.4, -0.2) is 43.1 Å². The van der Waals surface area contributed by atoms with E-state index in [1.807, 2.05) is 48.5 Å². The van der Waals surface area contributed by atoms with E-state index in [1.54, 1.807) is 9.80 Å². The molecular weight excluding hydrogens is 378 g/mol. The van der Waals surface area contributed by atoms with E-state index in [9.17, 15) is 9.59 Å². The van der Waals surface area contributed by atoms with Gasteiger partial charge < -0.3 is 19.9 Å². The molecule has 0 aliphatic carbocycles. The molecule has 0 bridgehead atoms. The smallest absolute Gasteiger partial charge is 0.322 e. The van der Waals surface area contributed by atoms with Gasteiger partial charge in [0, 0.05) is 35.9 Å². The van der Waals surface area contributed by atoms with Crippen molar-refractivity contribution in [1.29, 1.82) is 0 Å². The zero-order valence-electron chi connectivity index (χ0n) is 15.4. The van der Waals surface area contributed by atoms with Gasteiger partial charge in [0.2, 0.25) is 5.91 Å². The molecule has 146 valence electrons. The summed E-state index contributed by atoms with van der Waals surface area (Å²) in [5, 5.41) is 3.62. The third-order valence-corrected chi connectivity index (χ3v) is 5.33. The van der Waals surface area contributed by atoms with E-state index < -0.39 is 0 Å². The fourth-order valence-corrected chi connectivity index (χ4v) is 3.71. The quantitative estimate of drug-likeness (QED) is 0.846. The first-order chi connectivity index (χ1) is 13.6. The van der Waals surface area contributed by atoms with Crippen LogP contribution >= 0.6 is 11.6 Å². The number of ether oxygens (including phenoxy) is 1. The summed E-state index contributed by atoms with van der Waals surface area (Å²) in [5.74, 6) is 0.127. The number of benzene rings is 2. The maximum atomic E-state index is 12.8. The van der Waals surface area contributed by atoms with Gasteiger partial charge in [-0.2, -0.15) is 0 Å². The topological polar surface area (TPSA) is 61.9 Å². The summed E-state index contributed by atoms with van der Waals surface area (Å²) in [4.78, 5) is 28.2. The Morgan fingerprint density at radius 2 is 1.96 bits per heavy atom. The second-order valence-corrected chi connectivity index (χ2v) is 7.42. The van der Waals surface area contributed by atoms with Gasteiger partial charge in [-0.15, -0.1) is 0 Å². The molecule has 7 heteroatoms. The number of nitrogens with one attached hydrogen (secondary N) is 1. The summed E-state index contributed by atoms with van der Waals surface area (Å²) in [6, 6.07) is 14.7. The molecule has 2 aliphatic rings. The van der Waals surface area contributed by atoms with E-state index in [2.05, 4.69) is 5.32 Å². The summed E-state index contributed by atoms with van der Waals surface area (Å²) in [5.41, 5.74) is 2.49. The van der Waals surface area contributed by atoms with Crippen LogP contribution in [-0.2, 0) is 9.53 Å². The maximum absolute atomic E-state index is 12.8. The van der Waals surface area contributed by atoms with Crippen molar-refractivity contribution >= 4 is 34.9 Å². The molecule has 2 heterocycles. The van der Waals surface area contributed by atoms with Crippen molar-refractivity contribution in [3.8, 4) is 0 Å². The van der Waals surface area contributed by atoms with Crippen LogP contribution in [0, 0.1) is 0 Å². The van der Waals surface area contributed by atoms with Gasteiger partial charge >= 0.3 is 6.03 Å². The Morgan fingerprint density at radius 3 is 2.71 bits per heavy atom. The van der Waals surface area contributed by atoms with Gasteiger partial charge in [-0.3, -0.25) is 4.79 Å². The molecule has 2 fully saturated rings. The number of carbonyl (C=O) groups is 2. The molecule has 0 spiro atoms. The molecule has 1 N–H and O–H groups in total. The summed E-state index contributed by atoms with van der Waals surface area (Å²) in [6.07, 6.45) is 1.27. The monoisotopic (exact) mass is 399 g/mol. The fraction of sp³-hybridized carbons (Fsp3) is 0.333. The zero-order valence-corrected chi connectivity index (χ0v) is 16.2. The Labute approximate surface area is 169 Å². The maximum Gasteiger partial charge on any atom is 0.322 e. The Morgan fingerprint density at radius 1 is 1.14 bits per heavy atom. The first-order valence-electron chi connectivity index (χ1n) is 9.43. The van der Waals surface area contributed by atoms with Gasteiger partial charge in [-0.1, -0.05) is 29.8 Å². The fourth-order valence-electron chi connectivity index (χ4n) is 3.59. The molecule has 0 aromatic heterocycles. The minimum Gasteiger partial charge on any atom is -0.370 e. The normalized spacial score (nSPS) is 19.8. The van der Waals surface area contributed by atoms with E-state index >= 15 is 0 Å². The van der Waals surface area contributed by atoms with Crippen molar-refractivity contribution in [2.75, 3.05) is 36.5 Å². The molecule has 2 aromatic rings. The van der Waals surface area contributed by atoms with E-state index in [-0.39, 0.29) is 18.0 Å². The number of morpholine rings is 1. The van der Waals surface area contributed by atoms with Gasteiger partial charge in [0.05, 0.1) is 13.2 Å². The van der Waals surface area contributed by atoms with Crippen LogP contribution < -0.4 is 10.2 Å². The number of rotatable bonds is 3. The standard InChI is InChI=1S/C21H22ClN3O3/c22-16-8-6-15(7-9-16)19-14-24(11-12-28-19)21(27)23-17-3-1-4-18(13-17)25-10-2-5-20(25)26/h1,3-4,6-9,13,19H,2,5,10-12,14H2,(H,23,27). The second-order valence-electron chi connectivity index (χ2n) is 6.99. The number of urea groups is 1. The minimum absolute atomic E-state index is 0.127. The molecule has 2 aromatic carbocycles. The van der Waals surface area contributed by atoms with Gasteiger partial charge in [0.25, 0.3) is 0 Å². The van der Waals surface area contributed by atoms with Crippen molar-refractivity contribution in [3.63, 3.8) is 0 Å². The molecule has 3 amide bonds. The van der Waals surface area contributed by atoms with Crippen molar-refractivity contribution in [3.05, 3.63) is 59.1 Å². The van der Waals surface area contributed by atoms with Crippen molar-refractivity contribution in [2.24, 2.45) is 0 Å². The third-order valence-electron chi connectivity index (χ3n) is 5.08. The largest absolute Gasteiger partial charge is 0.370 e.